The van der Waals surface area contributed by atoms with Gasteiger partial charge in [-0.25, -0.2) is 0 Å². The number of aryl methyl sites for hydroxylation is 1. The molecule has 0 spiro atoms. The van der Waals surface area contributed by atoms with Crippen LogP contribution in [0.3, 0.4) is 0 Å². The topological polar surface area (TPSA) is 54.3 Å². The fraction of sp³-hybridized carbons (Fsp3) is 0.318. The predicted octanol–water partition coefficient (Wildman–Crippen LogP) is 3.18. The number of amides is 1. The van der Waals surface area contributed by atoms with E-state index in [1.807, 2.05) is 39.8 Å². The molecule has 1 aliphatic heterocycles. The number of hydrogen-bond acceptors (Lipinski definition) is 5. The van der Waals surface area contributed by atoms with E-state index in [0.717, 1.165) is 30.5 Å². The highest BCUT2D eigenvalue weighted by Gasteiger charge is 2.30. The van der Waals surface area contributed by atoms with E-state index in [4.69, 9.17) is 0 Å². The first-order valence-corrected chi connectivity index (χ1v) is 10.7. The first-order valence-electron chi connectivity index (χ1n) is 9.74. The SMILES string of the molecule is Cc1ccc(-n2cnnc2SCC(=O)N2CCN(C)CC2c2ccccc2)cc1. The van der Waals surface area contributed by atoms with Crippen molar-refractivity contribution in [1.82, 2.24) is 24.6 Å². The molecule has 2 aromatic carbocycles. The van der Waals surface area contributed by atoms with Crippen LogP contribution in [0.2, 0.25) is 0 Å². The van der Waals surface area contributed by atoms with E-state index in [-0.39, 0.29) is 11.9 Å². The summed E-state index contributed by atoms with van der Waals surface area (Å²) in [7, 11) is 2.11. The Hall–Kier alpha value is -2.64. The van der Waals surface area contributed by atoms with Gasteiger partial charge in [0.2, 0.25) is 5.91 Å². The van der Waals surface area contributed by atoms with Gasteiger partial charge in [-0.15, -0.1) is 10.2 Å². The maximum absolute atomic E-state index is 13.1. The summed E-state index contributed by atoms with van der Waals surface area (Å²) in [4.78, 5) is 17.4. The summed E-state index contributed by atoms with van der Waals surface area (Å²) in [5.41, 5.74) is 3.38. The average Bonchev–Trinajstić information content (AvgIpc) is 3.22. The molecule has 1 atom stereocenters. The summed E-state index contributed by atoms with van der Waals surface area (Å²) in [6.07, 6.45) is 1.69. The van der Waals surface area contributed by atoms with E-state index in [1.54, 1.807) is 6.33 Å². The highest BCUT2D eigenvalue weighted by atomic mass is 32.2. The number of carbonyl (C=O) groups is 1. The summed E-state index contributed by atoms with van der Waals surface area (Å²) >= 11 is 1.44. The van der Waals surface area contributed by atoms with Crippen molar-refractivity contribution < 1.29 is 4.79 Å². The number of carbonyl (C=O) groups excluding carboxylic acids is 1. The van der Waals surface area contributed by atoms with Crippen LogP contribution in [0.4, 0.5) is 0 Å². The van der Waals surface area contributed by atoms with Gasteiger partial charge in [-0.1, -0.05) is 59.8 Å². The number of likely N-dealkylation sites (N-methyl/N-ethyl adjacent to an activating group) is 1. The summed E-state index contributed by atoms with van der Waals surface area (Å²) in [5, 5.41) is 8.99. The van der Waals surface area contributed by atoms with E-state index in [0.29, 0.717) is 5.75 Å². The van der Waals surface area contributed by atoms with Gasteiger partial charge in [0.1, 0.15) is 6.33 Å². The van der Waals surface area contributed by atoms with Crippen molar-refractivity contribution in [3.8, 4) is 5.69 Å². The van der Waals surface area contributed by atoms with Gasteiger partial charge >= 0.3 is 0 Å². The Morgan fingerprint density at radius 2 is 1.86 bits per heavy atom. The highest BCUT2D eigenvalue weighted by molar-refractivity contribution is 7.99. The summed E-state index contributed by atoms with van der Waals surface area (Å²) < 4.78 is 1.93. The molecule has 7 heteroatoms. The van der Waals surface area contributed by atoms with Crippen LogP contribution >= 0.6 is 11.8 Å². The number of piperazine rings is 1. The minimum Gasteiger partial charge on any atom is -0.332 e. The third-order valence-corrected chi connectivity index (χ3v) is 6.17. The Labute approximate surface area is 175 Å². The molecule has 0 aliphatic carbocycles. The molecule has 4 rings (SSSR count). The quantitative estimate of drug-likeness (QED) is 0.608. The van der Waals surface area contributed by atoms with E-state index >= 15 is 0 Å². The number of thioether (sulfide) groups is 1. The highest BCUT2D eigenvalue weighted by Crippen LogP contribution is 2.27. The van der Waals surface area contributed by atoms with Crippen LogP contribution in [-0.2, 0) is 4.79 Å². The molecule has 1 unspecified atom stereocenters. The Balaban J connectivity index is 1.47. The van der Waals surface area contributed by atoms with Crippen LogP contribution in [0.25, 0.3) is 5.69 Å². The van der Waals surface area contributed by atoms with Gasteiger partial charge in [0, 0.05) is 25.3 Å². The predicted molar refractivity (Wildman–Crippen MR) is 115 cm³/mol. The first kappa shape index (κ1) is 19.7. The van der Waals surface area contributed by atoms with Crippen molar-refractivity contribution in [3.63, 3.8) is 0 Å². The number of nitrogens with zero attached hydrogens (tertiary/aromatic N) is 5. The Morgan fingerprint density at radius 1 is 1.10 bits per heavy atom. The maximum Gasteiger partial charge on any atom is 0.233 e. The van der Waals surface area contributed by atoms with Gasteiger partial charge in [0.25, 0.3) is 0 Å². The Morgan fingerprint density at radius 3 is 2.62 bits per heavy atom. The van der Waals surface area contributed by atoms with Gasteiger partial charge in [-0.05, 0) is 31.7 Å². The zero-order chi connectivity index (χ0) is 20.2. The molecule has 2 heterocycles. The van der Waals surface area contributed by atoms with E-state index in [1.165, 1.54) is 22.9 Å². The number of aromatic nitrogens is 3. The zero-order valence-electron chi connectivity index (χ0n) is 16.7. The summed E-state index contributed by atoms with van der Waals surface area (Å²) in [6.45, 7) is 4.53. The monoisotopic (exact) mass is 407 g/mol. The largest absolute Gasteiger partial charge is 0.332 e. The molecule has 6 nitrogen and oxygen atoms in total. The molecule has 1 aromatic heterocycles. The Bertz CT molecular complexity index is 957. The average molecular weight is 408 g/mol. The fourth-order valence-corrected chi connectivity index (χ4v) is 4.41. The molecule has 0 N–H and O–H groups in total. The van der Waals surface area contributed by atoms with Crippen molar-refractivity contribution >= 4 is 17.7 Å². The van der Waals surface area contributed by atoms with Crippen molar-refractivity contribution in [2.45, 2.75) is 18.1 Å². The van der Waals surface area contributed by atoms with Gasteiger partial charge in [-0.3, -0.25) is 9.36 Å². The lowest BCUT2D eigenvalue weighted by molar-refractivity contribution is -0.133. The second kappa shape index (κ2) is 8.80. The Kier molecular flexibility index (Phi) is 5.97. The minimum absolute atomic E-state index is 0.0815. The van der Waals surface area contributed by atoms with Gasteiger partial charge in [0.15, 0.2) is 5.16 Å². The molecule has 0 saturated carbocycles. The van der Waals surface area contributed by atoms with Gasteiger partial charge in [-0.2, -0.15) is 0 Å². The molecule has 0 radical (unpaired) electrons. The van der Waals surface area contributed by atoms with E-state index < -0.39 is 0 Å². The van der Waals surface area contributed by atoms with Crippen LogP contribution in [0.15, 0.2) is 66.1 Å². The van der Waals surface area contributed by atoms with E-state index in [2.05, 4.69) is 53.3 Å². The van der Waals surface area contributed by atoms with Crippen LogP contribution < -0.4 is 0 Å². The number of benzene rings is 2. The molecule has 1 aliphatic rings. The van der Waals surface area contributed by atoms with Crippen LogP contribution in [0.1, 0.15) is 17.2 Å². The zero-order valence-corrected chi connectivity index (χ0v) is 17.5. The molecule has 1 amide bonds. The van der Waals surface area contributed by atoms with Crippen LogP contribution in [0, 0.1) is 6.92 Å². The second-order valence-corrected chi connectivity index (χ2v) is 8.33. The second-order valence-electron chi connectivity index (χ2n) is 7.38. The van der Waals surface area contributed by atoms with Gasteiger partial charge in [0.05, 0.1) is 11.8 Å². The molecular formula is C22H25N5OS. The van der Waals surface area contributed by atoms with Crippen molar-refractivity contribution in [3.05, 3.63) is 72.1 Å². The lowest BCUT2D eigenvalue weighted by Gasteiger charge is -2.40. The summed E-state index contributed by atoms with van der Waals surface area (Å²) in [5.74, 6) is 0.479. The normalized spacial score (nSPS) is 17.4. The van der Waals surface area contributed by atoms with Crippen LogP contribution in [-0.4, -0.2) is 62.9 Å². The maximum atomic E-state index is 13.1. The molecule has 0 bridgehead atoms. The third-order valence-electron chi connectivity index (χ3n) is 5.24. The molecule has 3 aromatic rings. The lowest BCUT2D eigenvalue weighted by Crippen LogP contribution is -2.49. The third kappa shape index (κ3) is 4.52. The minimum atomic E-state index is 0.0815. The molecular weight excluding hydrogens is 382 g/mol. The smallest absolute Gasteiger partial charge is 0.233 e. The van der Waals surface area contributed by atoms with E-state index in [9.17, 15) is 4.79 Å². The molecule has 1 saturated heterocycles. The number of rotatable bonds is 5. The molecule has 29 heavy (non-hydrogen) atoms. The van der Waals surface area contributed by atoms with Crippen LogP contribution in [0.5, 0.6) is 0 Å². The summed E-state index contributed by atoms with van der Waals surface area (Å²) in [6, 6.07) is 18.6. The first-order chi connectivity index (χ1) is 14.1. The van der Waals surface area contributed by atoms with Crippen molar-refractivity contribution in [2.24, 2.45) is 0 Å². The fourth-order valence-electron chi connectivity index (χ4n) is 3.59. The van der Waals surface area contributed by atoms with Gasteiger partial charge < -0.3 is 9.80 Å². The molecule has 150 valence electrons. The lowest BCUT2D eigenvalue weighted by atomic mass is 10.0. The standard InChI is InChI=1S/C22H25N5OS/c1-17-8-10-19(11-9-17)27-16-23-24-22(27)29-15-21(28)26-13-12-25(2)14-20(26)18-6-4-3-5-7-18/h3-11,16,20H,12-15H2,1-2H3. The molecule has 1 fully saturated rings. The van der Waals surface area contributed by atoms with Crippen molar-refractivity contribution in [2.75, 3.05) is 32.4 Å². The number of hydrogen-bond donors (Lipinski definition) is 0. The van der Waals surface area contributed by atoms with Crippen molar-refractivity contribution in [1.29, 1.82) is 0 Å².